The fourth-order valence-corrected chi connectivity index (χ4v) is 3.52. The molecular weight excluding hydrogens is 384 g/mol. The third-order valence-electron chi connectivity index (χ3n) is 4.23. The van der Waals surface area contributed by atoms with Crippen molar-refractivity contribution in [2.75, 3.05) is 17.7 Å². The van der Waals surface area contributed by atoms with E-state index < -0.39 is 0 Å². The van der Waals surface area contributed by atoms with Crippen molar-refractivity contribution in [3.8, 4) is 17.0 Å². The largest absolute Gasteiger partial charge is 0.496 e. The van der Waals surface area contributed by atoms with E-state index in [0.29, 0.717) is 17.0 Å². The standard InChI is InChI=1S/C22H18N4O2S/c1-28-20-5-3-2-4-18(20)21(27)24-16-6-8-17(9-7-16)25-22-26-19(14-29-22)15-10-12-23-13-11-15/h2-14H,1H3,(H,24,27)(H,25,26). The van der Waals surface area contributed by atoms with Gasteiger partial charge in [-0.05, 0) is 48.5 Å². The summed E-state index contributed by atoms with van der Waals surface area (Å²) in [6.07, 6.45) is 3.50. The maximum Gasteiger partial charge on any atom is 0.259 e. The predicted molar refractivity (Wildman–Crippen MR) is 116 cm³/mol. The number of ether oxygens (including phenoxy) is 1. The van der Waals surface area contributed by atoms with Crippen molar-refractivity contribution >= 4 is 33.8 Å². The van der Waals surface area contributed by atoms with Crippen molar-refractivity contribution < 1.29 is 9.53 Å². The number of carbonyl (C=O) groups is 1. The lowest BCUT2D eigenvalue weighted by molar-refractivity contribution is 0.102. The molecule has 2 N–H and O–H groups in total. The number of hydrogen-bond acceptors (Lipinski definition) is 6. The number of nitrogens with zero attached hydrogens (tertiary/aromatic N) is 2. The highest BCUT2D eigenvalue weighted by Gasteiger charge is 2.11. The molecule has 0 bridgehead atoms. The Bertz CT molecular complexity index is 1110. The Morgan fingerprint density at radius 3 is 2.45 bits per heavy atom. The number of benzene rings is 2. The fraction of sp³-hybridized carbons (Fsp3) is 0.0455. The number of rotatable bonds is 6. The van der Waals surface area contributed by atoms with Gasteiger partial charge < -0.3 is 15.4 Å². The van der Waals surface area contributed by atoms with E-state index in [1.807, 2.05) is 47.8 Å². The molecule has 1 amide bonds. The molecule has 0 unspecified atom stereocenters. The van der Waals surface area contributed by atoms with Crippen LogP contribution in [0.2, 0.25) is 0 Å². The second-order valence-corrected chi connectivity index (χ2v) is 6.99. The van der Waals surface area contributed by atoms with Crippen LogP contribution in [0.3, 0.4) is 0 Å². The molecule has 0 atom stereocenters. The molecule has 4 aromatic rings. The van der Waals surface area contributed by atoms with Crippen LogP contribution in [0, 0.1) is 0 Å². The third kappa shape index (κ3) is 4.41. The zero-order valence-corrected chi connectivity index (χ0v) is 16.4. The Morgan fingerprint density at radius 2 is 1.69 bits per heavy atom. The smallest absolute Gasteiger partial charge is 0.259 e. The predicted octanol–water partition coefficient (Wildman–Crippen LogP) is 5.21. The number of nitrogens with one attached hydrogen (secondary N) is 2. The topological polar surface area (TPSA) is 76.1 Å². The van der Waals surface area contributed by atoms with Crippen LogP contribution in [-0.4, -0.2) is 23.0 Å². The summed E-state index contributed by atoms with van der Waals surface area (Å²) in [5.41, 5.74) is 4.00. The first-order valence-electron chi connectivity index (χ1n) is 8.90. The molecule has 0 spiro atoms. The van der Waals surface area contributed by atoms with Crippen molar-refractivity contribution in [3.05, 3.63) is 84.0 Å². The van der Waals surface area contributed by atoms with Crippen LogP contribution in [-0.2, 0) is 0 Å². The Labute approximate surface area is 172 Å². The highest BCUT2D eigenvalue weighted by Crippen LogP contribution is 2.27. The van der Waals surface area contributed by atoms with Gasteiger partial charge in [0, 0.05) is 34.7 Å². The van der Waals surface area contributed by atoms with E-state index >= 15 is 0 Å². The summed E-state index contributed by atoms with van der Waals surface area (Å²) in [5.74, 6) is 0.321. The van der Waals surface area contributed by atoms with Crippen molar-refractivity contribution in [1.82, 2.24) is 9.97 Å². The zero-order valence-electron chi connectivity index (χ0n) is 15.6. The highest BCUT2D eigenvalue weighted by atomic mass is 32.1. The van der Waals surface area contributed by atoms with E-state index in [0.717, 1.165) is 22.1 Å². The summed E-state index contributed by atoms with van der Waals surface area (Å²) in [6.45, 7) is 0. The molecule has 6 nitrogen and oxygen atoms in total. The summed E-state index contributed by atoms with van der Waals surface area (Å²) < 4.78 is 5.24. The molecule has 2 aromatic heterocycles. The molecule has 0 saturated heterocycles. The van der Waals surface area contributed by atoms with Gasteiger partial charge in [-0.25, -0.2) is 4.98 Å². The quantitative estimate of drug-likeness (QED) is 0.463. The maximum absolute atomic E-state index is 12.5. The molecule has 7 heteroatoms. The Hall–Kier alpha value is -3.71. The first-order chi connectivity index (χ1) is 14.2. The number of carbonyl (C=O) groups excluding carboxylic acids is 1. The van der Waals surface area contributed by atoms with Crippen LogP contribution in [0.4, 0.5) is 16.5 Å². The van der Waals surface area contributed by atoms with Crippen LogP contribution in [0.5, 0.6) is 5.75 Å². The molecule has 0 aliphatic carbocycles. The molecule has 0 aliphatic heterocycles. The van der Waals surface area contributed by atoms with Gasteiger partial charge in [-0.2, -0.15) is 0 Å². The Morgan fingerprint density at radius 1 is 0.966 bits per heavy atom. The minimum absolute atomic E-state index is 0.218. The lowest BCUT2D eigenvalue weighted by Gasteiger charge is -2.10. The van der Waals surface area contributed by atoms with Gasteiger partial charge in [0.25, 0.3) is 5.91 Å². The summed E-state index contributed by atoms with van der Waals surface area (Å²) in [7, 11) is 1.55. The van der Waals surface area contributed by atoms with Gasteiger partial charge in [0.2, 0.25) is 0 Å². The maximum atomic E-state index is 12.5. The second-order valence-electron chi connectivity index (χ2n) is 6.13. The molecule has 0 aliphatic rings. The zero-order chi connectivity index (χ0) is 20.1. The number of hydrogen-bond donors (Lipinski definition) is 2. The highest BCUT2D eigenvalue weighted by molar-refractivity contribution is 7.14. The van der Waals surface area contributed by atoms with Crippen LogP contribution in [0.25, 0.3) is 11.3 Å². The van der Waals surface area contributed by atoms with Gasteiger partial charge in [0.15, 0.2) is 5.13 Å². The first kappa shape index (κ1) is 18.6. The van der Waals surface area contributed by atoms with Gasteiger partial charge >= 0.3 is 0 Å². The number of thiazole rings is 1. The van der Waals surface area contributed by atoms with Gasteiger partial charge in [-0.3, -0.25) is 9.78 Å². The van der Waals surface area contributed by atoms with Crippen molar-refractivity contribution in [2.45, 2.75) is 0 Å². The van der Waals surface area contributed by atoms with Crippen LogP contribution < -0.4 is 15.4 Å². The van der Waals surface area contributed by atoms with E-state index in [-0.39, 0.29) is 5.91 Å². The molecule has 144 valence electrons. The van der Waals surface area contributed by atoms with Crippen LogP contribution >= 0.6 is 11.3 Å². The monoisotopic (exact) mass is 402 g/mol. The van der Waals surface area contributed by atoms with E-state index in [1.54, 1.807) is 37.7 Å². The lowest BCUT2D eigenvalue weighted by Crippen LogP contribution is -2.13. The van der Waals surface area contributed by atoms with E-state index in [1.165, 1.54) is 11.3 Å². The minimum atomic E-state index is -0.218. The summed E-state index contributed by atoms with van der Waals surface area (Å²) >= 11 is 1.53. The first-order valence-corrected chi connectivity index (χ1v) is 9.78. The lowest BCUT2D eigenvalue weighted by atomic mass is 10.2. The van der Waals surface area contributed by atoms with Crippen LogP contribution in [0.15, 0.2) is 78.4 Å². The minimum Gasteiger partial charge on any atom is -0.496 e. The molecule has 0 fully saturated rings. The number of aromatic nitrogens is 2. The van der Waals surface area contributed by atoms with Crippen molar-refractivity contribution in [3.63, 3.8) is 0 Å². The van der Waals surface area contributed by atoms with Gasteiger partial charge in [-0.1, -0.05) is 12.1 Å². The number of para-hydroxylation sites is 1. The normalized spacial score (nSPS) is 10.4. The van der Waals surface area contributed by atoms with Gasteiger partial charge in [-0.15, -0.1) is 11.3 Å². The molecule has 0 saturated carbocycles. The summed E-state index contributed by atoms with van der Waals surface area (Å²) in [4.78, 5) is 21.1. The fourth-order valence-electron chi connectivity index (χ4n) is 2.78. The van der Waals surface area contributed by atoms with Gasteiger partial charge in [0.05, 0.1) is 18.4 Å². The van der Waals surface area contributed by atoms with Gasteiger partial charge in [0.1, 0.15) is 5.75 Å². The number of pyridine rings is 1. The summed E-state index contributed by atoms with van der Waals surface area (Å²) in [5, 5.41) is 8.96. The van der Waals surface area contributed by atoms with Crippen molar-refractivity contribution in [1.29, 1.82) is 0 Å². The Kier molecular flexibility index (Phi) is 5.49. The van der Waals surface area contributed by atoms with E-state index in [2.05, 4.69) is 20.6 Å². The SMILES string of the molecule is COc1ccccc1C(=O)Nc1ccc(Nc2nc(-c3ccncc3)cs2)cc1. The number of anilines is 3. The summed E-state index contributed by atoms with van der Waals surface area (Å²) in [6, 6.07) is 18.4. The van der Waals surface area contributed by atoms with E-state index in [4.69, 9.17) is 4.74 Å². The van der Waals surface area contributed by atoms with Crippen molar-refractivity contribution in [2.24, 2.45) is 0 Å². The molecule has 2 aromatic carbocycles. The Balaban J connectivity index is 1.42. The molecular formula is C22H18N4O2S. The number of amides is 1. The average Bonchev–Trinajstić information content (AvgIpc) is 3.24. The molecule has 0 radical (unpaired) electrons. The third-order valence-corrected chi connectivity index (χ3v) is 4.98. The molecule has 2 heterocycles. The van der Waals surface area contributed by atoms with Crippen LogP contribution in [0.1, 0.15) is 10.4 Å². The average molecular weight is 402 g/mol. The number of methoxy groups -OCH3 is 1. The molecule has 4 rings (SSSR count). The second kappa shape index (κ2) is 8.53. The molecule has 29 heavy (non-hydrogen) atoms. The van der Waals surface area contributed by atoms with E-state index in [9.17, 15) is 4.79 Å².